The van der Waals surface area contributed by atoms with Crippen LogP contribution in [0.15, 0.2) is 42.7 Å². The molecule has 0 aliphatic heterocycles. The highest BCUT2D eigenvalue weighted by Crippen LogP contribution is 2.17. The molecular formula is C16H19FN4O3S. The van der Waals surface area contributed by atoms with Gasteiger partial charge in [-0.05, 0) is 42.8 Å². The monoisotopic (exact) mass is 366 g/mol. The molecular weight excluding hydrogens is 347 g/mol. The largest absolute Gasteiger partial charge is 0.323 e. The van der Waals surface area contributed by atoms with Crippen LogP contribution in [-0.4, -0.2) is 36.5 Å². The lowest BCUT2D eigenvalue weighted by Crippen LogP contribution is -2.28. The SMILES string of the molecule is CCS(=O)(=O)N(C)Cc1cc(F)cc(NC(=O)Nc2cccnc2)c1. The van der Waals surface area contributed by atoms with Gasteiger partial charge in [0.15, 0.2) is 0 Å². The summed E-state index contributed by atoms with van der Waals surface area (Å²) in [5.74, 6) is -0.617. The summed E-state index contributed by atoms with van der Waals surface area (Å²) in [6, 6.07) is 6.67. The second-order valence-electron chi connectivity index (χ2n) is 5.33. The molecule has 0 aliphatic carbocycles. The number of carbonyl (C=O) groups is 1. The molecule has 2 rings (SSSR count). The maximum atomic E-state index is 13.8. The Bertz CT molecular complexity index is 844. The molecule has 2 N–H and O–H groups in total. The first-order valence-electron chi connectivity index (χ1n) is 7.51. The molecule has 0 bridgehead atoms. The minimum atomic E-state index is -3.38. The fourth-order valence-electron chi connectivity index (χ4n) is 2.12. The molecule has 1 aromatic carbocycles. The molecule has 2 aromatic rings. The number of aromatic nitrogens is 1. The number of pyridine rings is 1. The third kappa shape index (κ3) is 5.50. The first-order valence-corrected chi connectivity index (χ1v) is 9.12. The maximum absolute atomic E-state index is 13.8. The van der Waals surface area contributed by atoms with Gasteiger partial charge in [0, 0.05) is 25.5 Å². The topological polar surface area (TPSA) is 91.4 Å². The summed E-state index contributed by atoms with van der Waals surface area (Å²) in [5, 5.41) is 5.07. The van der Waals surface area contributed by atoms with Gasteiger partial charge in [-0.2, -0.15) is 0 Å². The summed E-state index contributed by atoms with van der Waals surface area (Å²) in [7, 11) is -1.96. The predicted molar refractivity (Wildman–Crippen MR) is 94.2 cm³/mol. The molecule has 134 valence electrons. The molecule has 0 atom stereocenters. The Kier molecular flexibility index (Phi) is 6.05. The van der Waals surface area contributed by atoms with Gasteiger partial charge in [0.05, 0.1) is 17.6 Å². The first-order chi connectivity index (χ1) is 11.8. The van der Waals surface area contributed by atoms with Crippen molar-refractivity contribution in [3.8, 4) is 0 Å². The molecule has 0 radical (unpaired) electrons. The van der Waals surface area contributed by atoms with Gasteiger partial charge in [0.25, 0.3) is 0 Å². The van der Waals surface area contributed by atoms with Crippen LogP contribution < -0.4 is 10.6 Å². The highest BCUT2D eigenvalue weighted by Gasteiger charge is 2.16. The summed E-state index contributed by atoms with van der Waals surface area (Å²) < 4.78 is 38.5. The molecule has 25 heavy (non-hydrogen) atoms. The molecule has 0 saturated carbocycles. The van der Waals surface area contributed by atoms with Crippen LogP contribution in [0.2, 0.25) is 0 Å². The van der Waals surface area contributed by atoms with E-state index >= 15 is 0 Å². The summed E-state index contributed by atoms with van der Waals surface area (Å²) in [4.78, 5) is 15.8. The number of halogens is 1. The summed E-state index contributed by atoms with van der Waals surface area (Å²) in [5.41, 5.74) is 1.14. The number of urea groups is 1. The van der Waals surface area contributed by atoms with E-state index in [0.717, 1.165) is 10.4 Å². The smallest absolute Gasteiger partial charge is 0.308 e. The van der Waals surface area contributed by atoms with E-state index in [0.29, 0.717) is 11.3 Å². The number of hydrogen-bond donors (Lipinski definition) is 2. The molecule has 9 heteroatoms. The van der Waals surface area contributed by atoms with Crippen molar-refractivity contribution in [2.45, 2.75) is 13.5 Å². The van der Waals surface area contributed by atoms with E-state index in [1.165, 1.54) is 32.3 Å². The summed E-state index contributed by atoms with van der Waals surface area (Å²) in [6.07, 6.45) is 3.05. The van der Waals surface area contributed by atoms with Crippen LogP contribution in [0.4, 0.5) is 20.6 Å². The number of amides is 2. The summed E-state index contributed by atoms with van der Waals surface area (Å²) in [6.45, 7) is 1.54. The number of hydrogen-bond acceptors (Lipinski definition) is 4. The van der Waals surface area contributed by atoms with Gasteiger partial charge in [0.1, 0.15) is 5.82 Å². The average Bonchev–Trinajstić information content (AvgIpc) is 2.54. The van der Waals surface area contributed by atoms with Crippen LogP contribution in [0, 0.1) is 5.82 Å². The third-order valence-corrected chi connectivity index (χ3v) is 5.19. The Balaban J connectivity index is 2.09. The highest BCUT2D eigenvalue weighted by molar-refractivity contribution is 7.89. The van der Waals surface area contributed by atoms with Crippen molar-refractivity contribution in [3.05, 3.63) is 54.1 Å². The molecule has 7 nitrogen and oxygen atoms in total. The van der Waals surface area contributed by atoms with Gasteiger partial charge < -0.3 is 10.6 Å². The van der Waals surface area contributed by atoms with Gasteiger partial charge in [-0.1, -0.05) is 0 Å². The quantitative estimate of drug-likeness (QED) is 0.822. The van der Waals surface area contributed by atoms with Crippen molar-refractivity contribution in [1.29, 1.82) is 0 Å². The van der Waals surface area contributed by atoms with E-state index in [2.05, 4.69) is 15.6 Å². The number of anilines is 2. The van der Waals surface area contributed by atoms with Crippen LogP contribution in [0.3, 0.4) is 0 Å². The van der Waals surface area contributed by atoms with Crippen LogP contribution in [0.25, 0.3) is 0 Å². The van der Waals surface area contributed by atoms with Crippen LogP contribution in [-0.2, 0) is 16.6 Å². The Morgan fingerprint density at radius 1 is 1.24 bits per heavy atom. The lowest BCUT2D eigenvalue weighted by atomic mass is 10.2. The van der Waals surface area contributed by atoms with Gasteiger partial charge in [-0.15, -0.1) is 0 Å². The minimum Gasteiger partial charge on any atom is -0.308 e. The lowest BCUT2D eigenvalue weighted by molar-refractivity contribution is 0.262. The normalized spacial score (nSPS) is 11.4. The van der Waals surface area contributed by atoms with E-state index in [4.69, 9.17) is 0 Å². The summed E-state index contributed by atoms with van der Waals surface area (Å²) >= 11 is 0. The molecule has 0 spiro atoms. The highest BCUT2D eigenvalue weighted by atomic mass is 32.2. The molecule has 0 saturated heterocycles. The van der Waals surface area contributed by atoms with E-state index in [9.17, 15) is 17.6 Å². The molecule has 1 heterocycles. The van der Waals surface area contributed by atoms with Gasteiger partial charge >= 0.3 is 6.03 Å². The van der Waals surface area contributed by atoms with Gasteiger partial charge in [-0.3, -0.25) is 4.98 Å². The van der Waals surface area contributed by atoms with Crippen LogP contribution in [0.1, 0.15) is 12.5 Å². The Morgan fingerprint density at radius 3 is 2.60 bits per heavy atom. The fourth-order valence-corrected chi connectivity index (χ4v) is 2.91. The van der Waals surface area contributed by atoms with Crippen molar-refractivity contribution in [3.63, 3.8) is 0 Å². The van der Waals surface area contributed by atoms with Crippen molar-refractivity contribution in [1.82, 2.24) is 9.29 Å². The number of carbonyl (C=O) groups excluding carboxylic acids is 1. The zero-order valence-corrected chi connectivity index (χ0v) is 14.7. The zero-order valence-electron chi connectivity index (χ0n) is 13.9. The van der Waals surface area contributed by atoms with Gasteiger partial charge in [-0.25, -0.2) is 21.9 Å². The second kappa shape index (κ2) is 8.04. The fraction of sp³-hybridized carbons (Fsp3) is 0.250. The van der Waals surface area contributed by atoms with Gasteiger partial charge in [0.2, 0.25) is 10.0 Å². The van der Waals surface area contributed by atoms with E-state index in [1.54, 1.807) is 18.3 Å². The third-order valence-electron chi connectivity index (χ3n) is 3.38. The van der Waals surface area contributed by atoms with Crippen molar-refractivity contribution < 1.29 is 17.6 Å². The second-order valence-corrected chi connectivity index (χ2v) is 7.69. The number of rotatable bonds is 6. The Labute approximate surface area is 145 Å². The number of sulfonamides is 1. The van der Waals surface area contributed by atoms with Crippen molar-refractivity contribution in [2.24, 2.45) is 0 Å². The first kappa shape index (κ1) is 18.8. The Hall–Kier alpha value is -2.52. The lowest BCUT2D eigenvalue weighted by Gasteiger charge is -2.17. The number of benzene rings is 1. The predicted octanol–water partition coefficient (Wildman–Crippen LogP) is 2.65. The van der Waals surface area contributed by atoms with E-state index < -0.39 is 21.9 Å². The molecule has 0 aliphatic rings. The molecule has 0 unspecified atom stereocenters. The standard InChI is InChI=1S/C16H19FN4O3S/c1-3-25(23,24)21(2)11-12-7-13(17)9-15(8-12)20-16(22)19-14-5-4-6-18-10-14/h4-10H,3,11H2,1-2H3,(H2,19,20,22). The molecule has 1 aromatic heterocycles. The molecule has 2 amide bonds. The van der Waals surface area contributed by atoms with E-state index in [-0.39, 0.29) is 18.0 Å². The molecule has 0 fully saturated rings. The average molecular weight is 366 g/mol. The number of nitrogens with one attached hydrogen (secondary N) is 2. The van der Waals surface area contributed by atoms with Crippen molar-refractivity contribution in [2.75, 3.05) is 23.4 Å². The minimum absolute atomic E-state index is 0.00678. The van der Waals surface area contributed by atoms with Crippen LogP contribution in [0.5, 0.6) is 0 Å². The van der Waals surface area contributed by atoms with E-state index in [1.807, 2.05) is 0 Å². The van der Waals surface area contributed by atoms with Crippen molar-refractivity contribution >= 4 is 27.4 Å². The maximum Gasteiger partial charge on any atom is 0.323 e. The zero-order chi connectivity index (χ0) is 18.4. The number of nitrogens with zero attached hydrogens (tertiary/aromatic N) is 2. The van der Waals surface area contributed by atoms with Crippen LogP contribution >= 0.6 is 0 Å². The Morgan fingerprint density at radius 2 is 1.96 bits per heavy atom.